The molecule has 0 unspecified atom stereocenters. The molecule has 2 rings (SSSR count). The minimum absolute atomic E-state index is 0.180. The van der Waals surface area contributed by atoms with Gasteiger partial charge in [-0.1, -0.05) is 13.8 Å². The van der Waals surface area contributed by atoms with Crippen LogP contribution in [0.25, 0.3) is 0 Å². The second-order valence-corrected chi connectivity index (χ2v) is 5.56. The summed E-state index contributed by atoms with van der Waals surface area (Å²) in [5.41, 5.74) is 2.06. The summed E-state index contributed by atoms with van der Waals surface area (Å²) in [7, 11) is 0. The number of amides is 1. The van der Waals surface area contributed by atoms with Gasteiger partial charge < -0.3 is 10.4 Å². The van der Waals surface area contributed by atoms with Gasteiger partial charge in [-0.2, -0.15) is 5.10 Å². The second-order valence-electron chi connectivity index (χ2n) is 5.56. The zero-order valence-electron chi connectivity index (χ0n) is 12.8. The van der Waals surface area contributed by atoms with Gasteiger partial charge in [0.25, 0.3) is 5.91 Å². The van der Waals surface area contributed by atoms with Gasteiger partial charge in [-0.25, -0.2) is 4.79 Å². The van der Waals surface area contributed by atoms with Crippen molar-refractivity contribution in [2.45, 2.75) is 27.3 Å². The molecule has 6 nitrogen and oxygen atoms in total. The Morgan fingerprint density at radius 2 is 1.91 bits per heavy atom. The van der Waals surface area contributed by atoms with Crippen LogP contribution >= 0.6 is 0 Å². The number of carboxylic acids is 1. The molecule has 0 aliphatic rings. The molecule has 0 bridgehead atoms. The first-order chi connectivity index (χ1) is 10.4. The third-order valence-electron chi connectivity index (χ3n) is 3.28. The third kappa shape index (κ3) is 3.52. The quantitative estimate of drug-likeness (QED) is 0.889. The summed E-state index contributed by atoms with van der Waals surface area (Å²) in [5.74, 6) is -0.808. The van der Waals surface area contributed by atoms with Crippen molar-refractivity contribution in [1.82, 2.24) is 9.78 Å². The average Bonchev–Trinajstić information content (AvgIpc) is 2.80. The molecule has 0 aliphatic carbocycles. The van der Waals surface area contributed by atoms with Crippen LogP contribution in [0.15, 0.2) is 30.5 Å². The Morgan fingerprint density at radius 3 is 2.45 bits per heavy atom. The molecule has 22 heavy (non-hydrogen) atoms. The van der Waals surface area contributed by atoms with Crippen molar-refractivity contribution in [3.63, 3.8) is 0 Å². The molecule has 1 amide bonds. The fourth-order valence-electron chi connectivity index (χ4n) is 2.09. The maximum absolute atomic E-state index is 12.3. The van der Waals surface area contributed by atoms with E-state index < -0.39 is 5.97 Å². The number of aromatic nitrogens is 2. The van der Waals surface area contributed by atoms with Crippen LogP contribution in [-0.2, 0) is 6.54 Å². The number of carboxylic acid groups (broad SMARTS) is 1. The van der Waals surface area contributed by atoms with Gasteiger partial charge >= 0.3 is 5.97 Å². The number of carbonyl (C=O) groups excluding carboxylic acids is 1. The van der Waals surface area contributed by atoms with Crippen LogP contribution in [0.3, 0.4) is 0 Å². The molecule has 1 aromatic carbocycles. The van der Waals surface area contributed by atoms with Gasteiger partial charge in [-0.05, 0) is 37.1 Å². The van der Waals surface area contributed by atoms with Crippen molar-refractivity contribution in [3.8, 4) is 0 Å². The molecule has 2 N–H and O–H groups in total. The number of benzene rings is 1. The van der Waals surface area contributed by atoms with Crippen molar-refractivity contribution in [3.05, 3.63) is 47.3 Å². The monoisotopic (exact) mass is 301 g/mol. The van der Waals surface area contributed by atoms with E-state index in [1.54, 1.807) is 18.3 Å². The summed E-state index contributed by atoms with van der Waals surface area (Å²) in [6, 6.07) is 6.03. The molecule has 0 fully saturated rings. The molecule has 1 aromatic heterocycles. The smallest absolute Gasteiger partial charge is 0.335 e. The first kappa shape index (κ1) is 15.8. The molecular formula is C16H19N3O3. The van der Waals surface area contributed by atoms with E-state index >= 15 is 0 Å². The Morgan fingerprint density at radius 1 is 1.27 bits per heavy atom. The minimum Gasteiger partial charge on any atom is -0.478 e. The number of anilines is 1. The summed E-state index contributed by atoms with van der Waals surface area (Å²) in [4.78, 5) is 23.1. The number of carbonyl (C=O) groups is 2. The maximum atomic E-state index is 12.3. The third-order valence-corrected chi connectivity index (χ3v) is 3.28. The second kappa shape index (κ2) is 6.43. The number of nitrogens with one attached hydrogen (secondary N) is 1. The lowest BCUT2D eigenvalue weighted by atomic mass is 10.2. The molecule has 0 saturated heterocycles. The number of hydrogen-bond donors (Lipinski definition) is 2. The van der Waals surface area contributed by atoms with Gasteiger partial charge in [-0.3, -0.25) is 9.48 Å². The van der Waals surface area contributed by atoms with Gasteiger partial charge in [0, 0.05) is 17.9 Å². The molecule has 116 valence electrons. The van der Waals surface area contributed by atoms with Gasteiger partial charge in [0.05, 0.1) is 17.3 Å². The average molecular weight is 301 g/mol. The number of aromatic carboxylic acids is 1. The largest absolute Gasteiger partial charge is 0.478 e. The van der Waals surface area contributed by atoms with Crippen molar-refractivity contribution >= 4 is 17.6 Å². The van der Waals surface area contributed by atoms with Crippen LogP contribution in [0.4, 0.5) is 5.69 Å². The standard InChI is InChI=1S/C16H19N3O3/c1-10(2)9-19-11(3)14(8-17-19)15(20)18-13-6-4-12(5-7-13)16(21)22/h4-8,10H,9H2,1-3H3,(H,18,20)(H,21,22). The van der Waals surface area contributed by atoms with E-state index in [2.05, 4.69) is 24.3 Å². The van der Waals surface area contributed by atoms with E-state index in [9.17, 15) is 9.59 Å². The molecule has 0 aliphatic heterocycles. The molecule has 6 heteroatoms. The Balaban J connectivity index is 2.12. The van der Waals surface area contributed by atoms with Crippen LogP contribution in [0.5, 0.6) is 0 Å². The van der Waals surface area contributed by atoms with Gasteiger partial charge in [0.2, 0.25) is 0 Å². The van der Waals surface area contributed by atoms with Gasteiger partial charge in [-0.15, -0.1) is 0 Å². The lowest BCUT2D eigenvalue weighted by Gasteiger charge is -2.08. The van der Waals surface area contributed by atoms with Crippen molar-refractivity contribution in [2.24, 2.45) is 5.92 Å². The van der Waals surface area contributed by atoms with E-state index in [0.717, 1.165) is 12.2 Å². The molecular weight excluding hydrogens is 282 g/mol. The summed E-state index contributed by atoms with van der Waals surface area (Å²) >= 11 is 0. The zero-order chi connectivity index (χ0) is 16.3. The lowest BCUT2D eigenvalue weighted by molar-refractivity contribution is 0.0696. The Hall–Kier alpha value is -2.63. The maximum Gasteiger partial charge on any atom is 0.335 e. The summed E-state index contributed by atoms with van der Waals surface area (Å²) in [6.45, 7) is 6.79. The van der Waals surface area contributed by atoms with Gasteiger partial charge in [0.15, 0.2) is 0 Å². The van der Waals surface area contributed by atoms with E-state index in [1.807, 2.05) is 11.6 Å². The van der Waals surface area contributed by atoms with Crippen LogP contribution in [0.1, 0.15) is 40.3 Å². The number of hydrogen-bond acceptors (Lipinski definition) is 3. The summed E-state index contributed by atoms with van der Waals surface area (Å²) in [6.07, 6.45) is 1.55. The van der Waals surface area contributed by atoms with Gasteiger partial charge in [0.1, 0.15) is 0 Å². The zero-order valence-corrected chi connectivity index (χ0v) is 12.8. The molecule has 0 atom stereocenters. The highest BCUT2D eigenvalue weighted by atomic mass is 16.4. The Labute approximate surface area is 128 Å². The lowest BCUT2D eigenvalue weighted by Crippen LogP contribution is -2.14. The molecule has 0 saturated carbocycles. The SMILES string of the molecule is Cc1c(C(=O)Nc2ccc(C(=O)O)cc2)cnn1CC(C)C. The topological polar surface area (TPSA) is 84.2 Å². The minimum atomic E-state index is -0.997. The fourth-order valence-corrected chi connectivity index (χ4v) is 2.09. The van der Waals surface area contributed by atoms with Crippen LogP contribution in [0.2, 0.25) is 0 Å². The Kier molecular flexibility index (Phi) is 4.60. The van der Waals surface area contributed by atoms with Crippen LogP contribution in [-0.4, -0.2) is 26.8 Å². The highest BCUT2D eigenvalue weighted by Crippen LogP contribution is 2.14. The van der Waals surface area contributed by atoms with E-state index in [0.29, 0.717) is 17.2 Å². The van der Waals surface area contributed by atoms with E-state index in [1.165, 1.54) is 12.1 Å². The van der Waals surface area contributed by atoms with Crippen molar-refractivity contribution in [1.29, 1.82) is 0 Å². The predicted molar refractivity (Wildman–Crippen MR) is 83.2 cm³/mol. The number of nitrogens with zero attached hydrogens (tertiary/aromatic N) is 2. The fraction of sp³-hybridized carbons (Fsp3) is 0.312. The number of rotatable bonds is 5. The first-order valence-electron chi connectivity index (χ1n) is 7.05. The van der Waals surface area contributed by atoms with E-state index in [4.69, 9.17) is 5.11 Å². The van der Waals surface area contributed by atoms with Crippen LogP contribution < -0.4 is 5.32 Å². The van der Waals surface area contributed by atoms with E-state index in [-0.39, 0.29) is 11.5 Å². The van der Waals surface area contributed by atoms with Crippen LogP contribution in [0, 0.1) is 12.8 Å². The van der Waals surface area contributed by atoms with Crippen molar-refractivity contribution in [2.75, 3.05) is 5.32 Å². The molecule has 2 aromatic rings. The highest BCUT2D eigenvalue weighted by Gasteiger charge is 2.15. The molecule has 1 heterocycles. The molecule has 0 spiro atoms. The van der Waals surface area contributed by atoms with Crippen molar-refractivity contribution < 1.29 is 14.7 Å². The predicted octanol–water partition coefficient (Wildman–Crippen LogP) is 2.80. The molecule has 0 radical (unpaired) electrons. The Bertz CT molecular complexity index is 687. The highest BCUT2D eigenvalue weighted by molar-refractivity contribution is 6.05. The summed E-state index contributed by atoms with van der Waals surface area (Å²) < 4.78 is 1.81. The normalized spacial score (nSPS) is 10.7. The first-order valence-corrected chi connectivity index (χ1v) is 7.05. The summed E-state index contributed by atoms with van der Waals surface area (Å²) in [5, 5.41) is 15.8.